The van der Waals surface area contributed by atoms with E-state index in [2.05, 4.69) is 5.32 Å². The molecule has 94 valence electrons. The van der Waals surface area contributed by atoms with Crippen molar-refractivity contribution < 1.29 is 4.79 Å². The maximum Gasteiger partial charge on any atom is 0.253 e. The van der Waals surface area contributed by atoms with Crippen molar-refractivity contribution >= 4 is 34.8 Å². The summed E-state index contributed by atoms with van der Waals surface area (Å²) in [6, 6.07) is 3.06. The molecule has 0 bridgehead atoms. The molecule has 4 nitrogen and oxygen atoms in total. The predicted molar refractivity (Wildman–Crippen MR) is 71.8 cm³/mol. The number of benzene rings is 1. The smallest absolute Gasteiger partial charge is 0.253 e. The van der Waals surface area contributed by atoms with Gasteiger partial charge in [-0.15, -0.1) is 0 Å². The number of hydrogen-bond donors (Lipinski definition) is 2. The Morgan fingerprint density at radius 2 is 1.94 bits per heavy atom. The van der Waals surface area contributed by atoms with Crippen LogP contribution in [-0.4, -0.2) is 38.0 Å². The van der Waals surface area contributed by atoms with Gasteiger partial charge in [0.25, 0.3) is 5.91 Å². The van der Waals surface area contributed by atoms with Crippen molar-refractivity contribution in [3.05, 3.63) is 27.7 Å². The molecule has 1 aromatic carbocycles. The van der Waals surface area contributed by atoms with E-state index in [0.29, 0.717) is 27.8 Å². The highest BCUT2D eigenvalue weighted by Crippen LogP contribution is 2.29. The lowest BCUT2D eigenvalue weighted by molar-refractivity contribution is 0.0797. The number of nitrogen functional groups attached to an aromatic ring is 1. The molecule has 0 spiro atoms. The van der Waals surface area contributed by atoms with Crippen LogP contribution in [0.5, 0.6) is 0 Å². The first kappa shape index (κ1) is 14.1. The molecule has 1 rings (SSSR count). The van der Waals surface area contributed by atoms with Gasteiger partial charge in [-0.25, -0.2) is 0 Å². The Hall–Kier alpha value is -0.970. The molecule has 3 N–H and O–H groups in total. The number of carbonyl (C=O) groups is 1. The van der Waals surface area contributed by atoms with E-state index >= 15 is 0 Å². The average Bonchev–Trinajstić information content (AvgIpc) is 2.31. The quantitative estimate of drug-likeness (QED) is 0.825. The van der Waals surface area contributed by atoms with Crippen LogP contribution in [0.3, 0.4) is 0 Å². The molecule has 6 heteroatoms. The van der Waals surface area contributed by atoms with Gasteiger partial charge in [-0.05, 0) is 19.2 Å². The third-order valence-electron chi connectivity index (χ3n) is 2.37. The second kappa shape index (κ2) is 6.10. The Labute approximate surface area is 111 Å². The van der Waals surface area contributed by atoms with Crippen molar-refractivity contribution in [1.82, 2.24) is 10.2 Å². The second-order valence-corrected chi connectivity index (χ2v) is 4.50. The SMILES string of the molecule is CNCCN(C)C(=O)c1cc(Cl)c(N)c(Cl)c1. The molecule has 1 aromatic rings. The fourth-order valence-corrected chi connectivity index (χ4v) is 1.80. The van der Waals surface area contributed by atoms with Crippen LogP contribution in [0.15, 0.2) is 12.1 Å². The maximum absolute atomic E-state index is 12.0. The number of carbonyl (C=O) groups excluding carboxylic acids is 1. The lowest BCUT2D eigenvalue weighted by Crippen LogP contribution is -2.32. The largest absolute Gasteiger partial charge is 0.396 e. The Balaban J connectivity index is 2.89. The van der Waals surface area contributed by atoms with E-state index in [1.54, 1.807) is 11.9 Å². The van der Waals surface area contributed by atoms with Crippen molar-refractivity contribution in [2.24, 2.45) is 0 Å². The van der Waals surface area contributed by atoms with Gasteiger partial charge in [-0.3, -0.25) is 4.79 Å². The molecule has 0 fully saturated rings. The lowest BCUT2D eigenvalue weighted by atomic mass is 10.2. The molecule has 1 amide bonds. The Morgan fingerprint density at radius 1 is 1.41 bits per heavy atom. The number of nitrogens with zero attached hydrogens (tertiary/aromatic N) is 1. The van der Waals surface area contributed by atoms with Crippen LogP contribution < -0.4 is 11.1 Å². The Kier molecular flexibility index (Phi) is 5.05. The Bertz CT molecular complexity index is 400. The fourth-order valence-electron chi connectivity index (χ4n) is 1.31. The van der Waals surface area contributed by atoms with E-state index in [1.807, 2.05) is 7.05 Å². The summed E-state index contributed by atoms with van der Waals surface area (Å²) in [4.78, 5) is 13.6. The monoisotopic (exact) mass is 275 g/mol. The van der Waals surface area contributed by atoms with E-state index in [4.69, 9.17) is 28.9 Å². The molecular weight excluding hydrogens is 261 g/mol. The number of likely N-dealkylation sites (N-methyl/N-ethyl adjacent to an activating group) is 2. The second-order valence-electron chi connectivity index (χ2n) is 3.68. The fraction of sp³-hybridized carbons (Fsp3) is 0.364. The van der Waals surface area contributed by atoms with Crippen molar-refractivity contribution in [1.29, 1.82) is 0 Å². The van der Waals surface area contributed by atoms with E-state index in [0.717, 1.165) is 6.54 Å². The third kappa shape index (κ3) is 3.49. The maximum atomic E-state index is 12.0. The number of hydrogen-bond acceptors (Lipinski definition) is 3. The summed E-state index contributed by atoms with van der Waals surface area (Å²) in [5.41, 5.74) is 6.34. The Morgan fingerprint density at radius 3 is 2.41 bits per heavy atom. The van der Waals surface area contributed by atoms with Crippen molar-refractivity contribution in [2.45, 2.75) is 0 Å². The topological polar surface area (TPSA) is 58.4 Å². The molecule has 0 saturated carbocycles. The van der Waals surface area contributed by atoms with E-state index in [-0.39, 0.29) is 5.91 Å². The number of halogens is 2. The van der Waals surface area contributed by atoms with E-state index < -0.39 is 0 Å². The van der Waals surface area contributed by atoms with E-state index in [9.17, 15) is 4.79 Å². The van der Waals surface area contributed by atoms with Crippen LogP contribution in [0.25, 0.3) is 0 Å². The van der Waals surface area contributed by atoms with Gasteiger partial charge < -0.3 is 16.0 Å². The predicted octanol–water partition coefficient (Wildman–Crippen LogP) is 1.87. The highest BCUT2D eigenvalue weighted by Gasteiger charge is 2.14. The van der Waals surface area contributed by atoms with Gasteiger partial charge in [0.1, 0.15) is 0 Å². The number of nitrogens with two attached hydrogens (primary N) is 1. The molecule has 0 aliphatic rings. The van der Waals surface area contributed by atoms with Crippen molar-refractivity contribution in [3.63, 3.8) is 0 Å². The lowest BCUT2D eigenvalue weighted by Gasteiger charge is -2.17. The van der Waals surface area contributed by atoms with Crippen LogP contribution in [0, 0.1) is 0 Å². The average molecular weight is 276 g/mol. The first-order valence-corrected chi connectivity index (χ1v) is 5.87. The van der Waals surface area contributed by atoms with Crippen LogP contribution >= 0.6 is 23.2 Å². The van der Waals surface area contributed by atoms with Crippen LogP contribution in [0.2, 0.25) is 10.0 Å². The normalized spacial score (nSPS) is 10.4. The molecule has 0 saturated heterocycles. The van der Waals surface area contributed by atoms with Crippen LogP contribution in [-0.2, 0) is 0 Å². The minimum absolute atomic E-state index is 0.135. The summed E-state index contributed by atoms with van der Waals surface area (Å²) in [7, 11) is 3.55. The van der Waals surface area contributed by atoms with Gasteiger partial charge in [0.05, 0.1) is 15.7 Å². The summed E-state index contributed by atoms with van der Waals surface area (Å²) in [6.45, 7) is 1.33. The number of anilines is 1. The highest BCUT2D eigenvalue weighted by molar-refractivity contribution is 6.39. The third-order valence-corrected chi connectivity index (χ3v) is 3.00. The van der Waals surface area contributed by atoms with Crippen molar-refractivity contribution in [3.8, 4) is 0 Å². The minimum Gasteiger partial charge on any atom is -0.396 e. The first-order chi connectivity index (χ1) is 7.97. The molecule has 0 aromatic heterocycles. The van der Waals surface area contributed by atoms with Gasteiger partial charge in [0.15, 0.2) is 0 Å². The number of amides is 1. The van der Waals surface area contributed by atoms with Gasteiger partial charge in [0.2, 0.25) is 0 Å². The highest BCUT2D eigenvalue weighted by atomic mass is 35.5. The number of nitrogens with one attached hydrogen (secondary N) is 1. The molecule has 0 atom stereocenters. The standard InChI is InChI=1S/C11H15Cl2N3O/c1-15-3-4-16(2)11(17)7-5-8(12)10(14)9(13)6-7/h5-6,15H,3-4,14H2,1-2H3. The summed E-state index contributed by atoms with van der Waals surface area (Å²) in [6.07, 6.45) is 0. The molecule has 17 heavy (non-hydrogen) atoms. The molecule has 0 unspecified atom stereocenters. The zero-order valence-corrected chi connectivity index (χ0v) is 11.3. The molecular formula is C11H15Cl2N3O. The molecule has 0 heterocycles. The minimum atomic E-state index is -0.135. The number of rotatable bonds is 4. The zero-order valence-electron chi connectivity index (χ0n) is 9.76. The summed E-state index contributed by atoms with van der Waals surface area (Å²) in [5.74, 6) is -0.135. The molecule has 0 aliphatic heterocycles. The van der Waals surface area contributed by atoms with Gasteiger partial charge >= 0.3 is 0 Å². The van der Waals surface area contributed by atoms with Gasteiger partial charge in [-0.2, -0.15) is 0 Å². The molecule has 0 aliphatic carbocycles. The van der Waals surface area contributed by atoms with Crippen LogP contribution in [0.4, 0.5) is 5.69 Å². The summed E-state index contributed by atoms with van der Waals surface area (Å²) in [5, 5.41) is 3.56. The van der Waals surface area contributed by atoms with Gasteiger partial charge in [0, 0.05) is 25.7 Å². The zero-order chi connectivity index (χ0) is 13.0. The van der Waals surface area contributed by atoms with Crippen LogP contribution in [0.1, 0.15) is 10.4 Å². The van der Waals surface area contributed by atoms with Gasteiger partial charge in [-0.1, -0.05) is 23.2 Å². The first-order valence-electron chi connectivity index (χ1n) is 5.12. The van der Waals surface area contributed by atoms with Crippen molar-refractivity contribution in [2.75, 3.05) is 32.9 Å². The summed E-state index contributed by atoms with van der Waals surface area (Å²) >= 11 is 11.8. The summed E-state index contributed by atoms with van der Waals surface area (Å²) < 4.78 is 0. The van der Waals surface area contributed by atoms with E-state index in [1.165, 1.54) is 12.1 Å². The molecule has 0 radical (unpaired) electrons.